The second kappa shape index (κ2) is 6.72. The summed E-state index contributed by atoms with van der Waals surface area (Å²) in [5, 5.41) is 0.127. The molecule has 1 aromatic carbocycles. The Morgan fingerprint density at radius 3 is 2.45 bits per heavy atom. The van der Waals surface area contributed by atoms with E-state index in [9.17, 15) is 9.59 Å². The van der Waals surface area contributed by atoms with Gasteiger partial charge in [0.25, 0.3) is 0 Å². The van der Waals surface area contributed by atoms with Gasteiger partial charge in [-0.25, -0.2) is 15.0 Å². The molecular weight excluding hydrogens is 329 g/mol. The van der Waals surface area contributed by atoms with E-state index in [1.54, 1.807) is 24.3 Å². The highest BCUT2D eigenvalue weighted by atomic mass is 35.5. The molecule has 3 N–H and O–H groups in total. The molecular formula is C14H13Cl2N3O3. The van der Waals surface area contributed by atoms with E-state index < -0.39 is 12.0 Å². The van der Waals surface area contributed by atoms with E-state index >= 15 is 0 Å². The highest BCUT2D eigenvalue weighted by Crippen LogP contribution is 2.36. The molecule has 0 fully saturated rings. The number of carbonyl (C=O) groups is 2. The summed E-state index contributed by atoms with van der Waals surface area (Å²) in [6, 6.07) is 8.16. The zero-order chi connectivity index (χ0) is 16.3. The first-order chi connectivity index (χ1) is 10.5. The van der Waals surface area contributed by atoms with Crippen LogP contribution in [0.3, 0.4) is 0 Å². The Kier molecular flexibility index (Phi) is 4.95. The van der Waals surface area contributed by atoms with Crippen molar-refractivity contribution in [1.29, 1.82) is 0 Å². The number of esters is 1. The van der Waals surface area contributed by atoms with Crippen LogP contribution in [-0.2, 0) is 10.6 Å². The molecule has 1 heterocycles. The summed E-state index contributed by atoms with van der Waals surface area (Å²) in [5.41, 5.74) is 9.06. The monoisotopic (exact) mass is 341 g/mol. The number of amides is 2. The fourth-order valence-electron chi connectivity index (χ4n) is 2.11. The molecule has 0 atom stereocenters. The summed E-state index contributed by atoms with van der Waals surface area (Å²) in [6.07, 6.45) is 0. The van der Waals surface area contributed by atoms with E-state index in [1.165, 1.54) is 11.8 Å². The van der Waals surface area contributed by atoms with Crippen LogP contribution in [0.2, 0.25) is 5.02 Å². The lowest BCUT2D eigenvalue weighted by molar-refractivity contribution is 0.0600. The number of alkyl halides is 1. The first-order valence-corrected chi connectivity index (χ1v) is 7.11. The van der Waals surface area contributed by atoms with Crippen LogP contribution in [0.4, 0.5) is 4.79 Å². The Labute approximate surface area is 136 Å². The average Bonchev–Trinajstić information content (AvgIpc) is 2.78. The number of primary amides is 1. The standard InChI is InChI=1S/C14H13Cl2N3O3/c1-22-13(20)10-9(7-15)19(18-14(17)21)12(11(10)16)8-5-3-2-4-6-8/h2-6H,7H2,1H3,(H3,17,18,21). The highest BCUT2D eigenvalue weighted by molar-refractivity contribution is 6.36. The third-order valence-electron chi connectivity index (χ3n) is 2.99. The number of aromatic nitrogens is 1. The predicted octanol–water partition coefficient (Wildman–Crippen LogP) is 2.96. The summed E-state index contributed by atoms with van der Waals surface area (Å²) < 4.78 is 6.03. The molecule has 0 aliphatic carbocycles. The van der Waals surface area contributed by atoms with Crippen molar-refractivity contribution in [2.45, 2.75) is 5.88 Å². The number of nitrogens with one attached hydrogen (secondary N) is 1. The summed E-state index contributed by atoms with van der Waals surface area (Å²) in [6.45, 7) is 0. The summed E-state index contributed by atoms with van der Waals surface area (Å²) in [4.78, 5) is 23.2. The average molecular weight is 342 g/mol. The zero-order valence-corrected chi connectivity index (χ0v) is 13.1. The molecule has 1 aromatic heterocycles. The number of methoxy groups -OCH3 is 1. The molecule has 0 radical (unpaired) electrons. The van der Waals surface area contributed by atoms with Crippen LogP contribution in [0, 0.1) is 0 Å². The number of rotatable bonds is 4. The number of ether oxygens (including phenoxy) is 1. The summed E-state index contributed by atoms with van der Waals surface area (Å²) in [7, 11) is 1.23. The molecule has 0 aliphatic heterocycles. The van der Waals surface area contributed by atoms with E-state index in [4.69, 9.17) is 33.7 Å². The Balaban J connectivity index is 2.77. The lowest BCUT2D eigenvalue weighted by Crippen LogP contribution is -2.30. The minimum absolute atomic E-state index is 0.0722. The fraction of sp³-hybridized carbons (Fsp3) is 0.143. The van der Waals surface area contributed by atoms with Gasteiger partial charge in [0.2, 0.25) is 0 Å². The molecule has 0 saturated heterocycles. The Hall–Kier alpha value is -2.18. The molecule has 2 rings (SSSR count). The normalized spacial score (nSPS) is 10.3. The fourth-order valence-corrected chi connectivity index (χ4v) is 2.74. The van der Waals surface area contributed by atoms with Crippen molar-refractivity contribution in [2.24, 2.45) is 5.73 Å². The van der Waals surface area contributed by atoms with Gasteiger partial charge in [0.15, 0.2) is 0 Å². The number of hydrogen-bond acceptors (Lipinski definition) is 3. The van der Waals surface area contributed by atoms with Gasteiger partial charge in [-0.3, -0.25) is 4.68 Å². The maximum atomic E-state index is 12.0. The molecule has 116 valence electrons. The van der Waals surface area contributed by atoms with E-state index in [0.717, 1.165) is 0 Å². The van der Waals surface area contributed by atoms with Crippen molar-refractivity contribution in [3.63, 3.8) is 0 Å². The zero-order valence-electron chi connectivity index (χ0n) is 11.6. The Morgan fingerprint density at radius 1 is 1.32 bits per heavy atom. The van der Waals surface area contributed by atoms with Crippen LogP contribution in [-0.4, -0.2) is 23.8 Å². The van der Waals surface area contributed by atoms with Gasteiger partial charge in [0.05, 0.1) is 29.4 Å². The first-order valence-electron chi connectivity index (χ1n) is 6.20. The van der Waals surface area contributed by atoms with Gasteiger partial charge in [0.1, 0.15) is 5.56 Å². The van der Waals surface area contributed by atoms with Crippen LogP contribution < -0.4 is 11.2 Å². The quantitative estimate of drug-likeness (QED) is 0.662. The van der Waals surface area contributed by atoms with E-state index in [-0.39, 0.29) is 22.2 Å². The van der Waals surface area contributed by atoms with Crippen molar-refractivity contribution in [1.82, 2.24) is 4.68 Å². The lowest BCUT2D eigenvalue weighted by atomic mass is 10.1. The number of halogens is 2. The highest BCUT2D eigenvalue weighted by Gasteiger charge is 2.28. The summed E-state index contributed by atoms with van der Waals surface area (Å²) >= 11 is 12.2. The largest absolute Gasteiger partial charge is 0.465 e. The SMILES string of the molecule is COC(=O)c1c(Cl)c(-c2ccccc2)n(NC(N)=O)c1CCl. The molecule has 2 amide bonds. The second-order valence-electron chi connectivity index (χ2n) is 4.29. The number of benzene rings is 1. The maximum absolute atomic E-state index is 12.0. The maximum Gasteiger partial charge on any atom is 0.341 e. The van der Waals surface area contributed by atoms with Crippen LogP contribution in [0.25, 0.3) is 11.3 Å². The van der Waals surface area contributed by atoms with Crippen molar-refractivity contribution < 1.29 is 14.3 Å². The van der Waals surface area contributed by atoms with Gasteiger partial charge >= 0.3 is 12.0 Å². The van der Waals surface area contributed by atoms with Crippen molar-refractivity contribution in [2.75, 3.05) is 12.5 Å². The van der Waals surface area contributed by atoms with Gasteiger partial charge in [-0.15, -0.1) is 11.6 Å². The van der Waals surface area contributed by atoms with E-state index in [2.05, 4.69) is 5.43 Å². The molecule has 0 unspecified atom stereocenters. The van der Waals surface area contributed by atoms with Crippen molar-refractivity contribution >= 4 is 35.2 Å². The third kappa shape index (κ3) is 2.88. The van der Waals surface area contributed by atoms with Gasteiger partial charge < -0.3 is 10.5 Å². The van der Waals surface area contributed by atoms with Crippen molar-refractivity contribution in [3.8, 4) is 11.3 Å². The minimum Gasteiger partial charge on any atom is -0.465 e. The van der Waals surface area contributed by atoms with Gasteiger partial charge in [-0.05, 0) is 0 Å². The number of nitrogens with two attached hydrogens (primary N) is 1. The van der Waals surface area contributed by atoms with Crippen LogP contribution in [0.5, 0.6) is 0 Å². The van der Waals surface area contributed by atoms with Crippen molar-refractivity contribution in [3.05, 3.63) is 46.6 Å². The van der Waals surface area contributed by atoms with Crippen LogP contribution in [0.15, 0.2) is 30.3 Å². The predicted molar refractivity (Wildman–Crippen MR) is 84.7 cm³/mol. The number of carbonyl (C=O) groups excluding carboxylic acids is 2. The molecule has 6 nitrogen and oxygen atoms in total. The molecule has 0 saturated carbocycles. The van der Waals surface area contributed by atoms with E-state index in [1.807, 2.05) is 6.07 Å². The van der Waals surface area contributed by atoms with Gasteiger partial charge in [0, 0.05) is 5.56 Å². The molecule has 0 bridgehead atoms. The Bertz CT molecular complexity index is 714. The van der Waals surface area contributed by atoms with Crippen LogP contribution in [0.1, 0.15) is 16.1 Å². The molecule has 0 spiro atoms. The minimum atomic E-state index is -0.813. The van der Waals surface area contributed by atoms with Gasteiger partial charge in [-0.2, -0.15) is 0 Å². The van der Waals surface area contributed by atoms with E-state index in [0.29, 0.717) is 11.3 Å². The molecule has 8 heteroatoms. The topological polar surface area (TPSA) is 86.3 Å². The second-order valence-corrected chi connectivity index (χ2v) is 4.93. The Morgan fingerprint density at radius 2 is 1.95 bits per heavy atom. The molecule has 0 aliphatic rings. The third-order valence-corrected chi connectivity index (χ3v) is 3.62. The number of nitrogens with zero attached hydrogens (tertiary/aromatic N) is 1. The molecule has 2 aromatic rings. The first kappa shape index (κ1) is 16.2. The van der Waals surface area contributed by atoms with Crippen LogP contribution >= 0.6 is 23.2 Å². The number of urea groups is 1. The smallest absolute Gasteiger partial charge is 0.341 e. The molecule has 22 heavy (non-hydrogen) atoms. The van der Waals surface area contributed by atoms with Gasteiger partial charge in [-0.1, -0.05) is 41.9 Å². The lowest BCUT2D eigenvalue weighted by Gasteiger charge is -2.12. The summed E-state index contributed by atoms with van der Waals surface area (Å²) in [5.74, 6) is -0.722. The number of hydrogen-bond donors (Lipinski definition) is 2.